The molecule has 1 fully saturated rings. The summed E-state index contributed by atoms with van der Waals surface area (Å²) in [6.07, 6.45) is 4.79. The molecule has 1 amide bonds. The molecule has 1 aliphatic heterocycles. The van der Waals surface area contributed by atoms with Crippen molar-refractivity contribution in [3.8, 4) is 0 Å². The van der Waals surface area contributed by atoms with E-state index >= 15 is 0 Å². The largest absolute Gasteiger partial charge is 0.368 e. The molecule has 26 heavy (non-hydrogen) atoms. The number of hydrogen-bond donors (Lipinski definition) is 1. The van der Waals surface area contributed by atoms with Crippen LogP contribution in [0.25, 0.3) is 10.9 Å². The summed E-state index contributed by atoms with van der Waals surface area (Å²) in [6.45, 7) is 3.57. The van der Waals surface area contributed by atoms with Gasteiger partial charge in [0.25, 0.3) is 0 Å². The van der Waals surface area contributed by atoms with E-state index in [9.17, 15) is 4.79 Å². The van der Waals surface area contributed by atoms with Gasteiger partial charge in [-0.2, -0.15) is 0 Å². The fourth-order valence-corrected chi connectivity index (χ4v) is 3.45. The number of benzene rings is 1. The van der Waals surface area contributed by atoms with Crippen LogP contribution in [0.4, 0.5) is 0 Å². The monoisotopic (exact) mass is 350 g/mol. The van der Waals surface area contributed by atoms with E-state index in [0.29, 0.717) is 31.9 Å². The van der Waals surface area contributed by atoms with Crippen molar-refractivity contribution >= 4 is 16.8 Å². The minimum atomic E-state index is -0.178. The Bertz CT molecular complexity index is 921. The predicted octanol–water partition coefficient (Wildman–Crippen LogP) is 2.80. The lowest BCUT2D eigenvalue weighted by molar-refractivity contribution is -0.139. The third-order valence-corrected chi connectivity index (χ3v) is 4.83. The van der Waals surface area contributed by atoms with Gasteiger partial charge in [0.15, 0.2) is 0 Å². The number of rotatable bonds is 4. The molecule has 6 nitrogen and oxygen atoms in total. The molecule has 1 saturated heterocycles. The average molecular weight is 350 g/mol. The number of para-hydroxylation sites is 1. The first-order valence-electron chi connectivity index (χ1n) is 8.94. The third kappa shape index (κ3) is 3.46. The van der Waals surface area contributed by atoms with Gasteiger partial charge in [0.1, 0.15) is 11.9 Å². The van der Waals surface area contributed by atoms with Gasteiger partial charge >= 0.3 is 0 Å². The summed E-state index contributed by atoms with van der Waals surface area (Å²) in [5.41, 5.74) is 3.14. The minimum absolute atomic E-state index is 0.161. The van der Waals surface area contributed by atoms with Crippen LogP contribution < -0.4 is 0 Å². The summed E-state index contributed by atoms with van der Waals surface area (Å²) in [6, 6.07) is 10.0. The molecular weight excluding hydrogens is 328 g/mol. The van der Waals surface area contributed by atoms with Crippen molar-refractivity contribution in [2.45, 2.75) is 25.9 Å². The van der Waals surface area contributed by atoms with E-state index in [1.165, 1.54) is 10.9 Å². The number of ether oxygens (including phenoxy) is 1. The molecule has 1 N–H and O–H groups in total. The first-order valence-corrected chi connectivity index (χ1v) is 8.94. The lowest BCUT2D eigenvalue weighted by atomic mass is 10.1. The van der Waals surface area contributed by atoms with E-state index < -0.39 is 0 Å². The zero-order valence-electron chi connectivity index (χ0n) is 14.8. The van der Waals surface area contributed by atoms with E-state index in [2.05, 4.69) is 27.1 Å². The number of fused-ring (bicyclic) bond motifs is 1. The van der Waals surface area contributed by atoms with Crippen molar-refractivity contribution in [2.75, 3.05) is 19.7 Å². The molecule has 4 rings (SSSR count). The summed E-state index contributed by atoms with van der Waals surface area (Å²) >= 11 is 0. The number of carbonyl (C=O) groups excluding carboxylic acids is 1. The maximum Gasteiger partial charge on any atom is 0.223 e. The quantitative estimate of drug-likeness (QED) is 0.785. The molecule has 0 unspecified atom stereocenters. The maximum absolute atomic E-state index is 12.7. The smallest absolute Gasteiger partial charge is 0.223 e. The van der Waals surface area contributed by atoms with Crippen LogP contribution in [-0.2, 0) is 16.0 Å². The van der Waals surface area contributed by atoms with Crippen LogP contribution in [0.2, 0.25) is 0 Å². The van der Waals surface area contributed by atoms with Crippen molar-refractivity contribution < 1.29 is 9.53 Å². The molecule has 3 aromatic rings. The summed E-state index contributed by atoms with van der Waals surface area (Å²) in [5.74, 6) is 0.878. The molecule has 6 heteroatoms. The number of aromatic nitrogens is 3. The van der Waals surface area contributed by atoms with Crippen LogP contribution in [0.1, 0.15) is 29.6 Å². The Morgan fingerprint density at radius 2 is 2.23 bits per heavy atom. The van der Waals surface area contributed by atoms with Gasteiger partial charge in [-0.25, -0.2) is 9.97 Å². The first-order chi connectivity index (χ1) is 12.7. The lowest BCUT2D eigenvalue weighted by Gasteiger charge is -2.32. The SMILES string of the molecule is Cc1nccc([C@@H]2CN(C(=O)CCc3c[nH]c4ccccc34)CCO2)n1. The Morgan fingerprint density at radius 1 is 1.35 bits per heavy atom. The summed E-state index contributed by atoms with van der Waals surface area (Å²) in [7, 11) is 0. The number of nitrogens with one attached hydrogen (secondary N) is 1. The number of H-pyrrole nitrogens is 1. The minimum Gasteiger partial charge on any atom is -0.368 e. The number of aryl methyl sites for hydroxylation is 2. The standard InChI is InChI=1S/C20H22N4O2/c1-14-21-9-8-18(23-14)19-13-24(10-11-26-19)20(25)7-6-15-12-22-17-5-3-2-4-16(15)17/h2-5,8-9,12,19,22H,6-7,10-11,13H2,1H3/t19-/m0/s1. The molecule has 1 atom stereocenters. The molecule has 0 radical (unpaired) electrons. The predicted molar refractivity (Wildman–Crippen MR) is 98.7 cm³/mol. The second-order valence-electron chi connectivity index (χ2n) is 6.59. The molecule has 0 saturated carbocycles. The van der Waals surface area contributed by atoms with Crippen LogP contribution in [0.15, 0.2) is 42.7 Å². The van der Waals surface area contributed by atoms with Gasteiger partial charge < -0.3 is 14.6 Å². The number of amides is 1. The highest BCUT2D eigenvalue weighted by Crippen LogP contribution is 2.22. The third-order valence-electron chi connectivity index (χ3n) is 4.83. The van der Waals surface area contributed by atoms with Crippen molar-refractivity contribution in [1.29, 1.82) is 0 Å². The molecule has 0 bridgehead atoms. The first kappa shape index (κ1) is 16.7. The molecule has 1 aliphatic rings. The Kier molecular flexibility index (Phi) is 4.67. The zero-order valence-corrected chi connectivity index (χ0v) is 14.8. The molecule has 0 spiro atoms. The van der Waals surface area contributed by atoms with E-state index in [1.807, 2.05) is 36.2 Å². The Labute approximate surface area is 152 Å². The Balaban J connectivity index is 1.40. The second-order valence-corrected chi connectivity index (χ2v) is 6.59. The fourth-order valence-electron chi connectivity index (χ4n) is 3.45. The highest BCUT2D eigenvalue weighted by atomic mass is 16.5. The fraction of sp³-hybridized carbons (Fsp3) is 0.350. The number of hydrogen-bond acceptors (Lipinski definition) is 4. The van der Waals surface area contributed by atoms with E-state index in [4.69, 9.17) is 4.74 Å². The number of aromatic amines is 1. The van der Waals surface area contributed by atoms with Crippen LogP contribution in [0.3, 0.4) is 0 Å². The van der Waals surface area contributed by atoms with Crippen molar-refractivity contribution in [3.05, 3.63) is 59.8 Å². The molecule has 1 aromatic carbocycles. The van der Waals surface area contributed by atoms with Crippen LogP contribution in [0.5, 0.6) is 0 Å². The van der Waals surface area contributed by atoms with Gasteiger partial charge in [0, 0.05) is 36.3 Å². The highest BCUT2D eigenvalue weighted by Gasteiger charge is 2.26. The molecular formula is C20H22N4O2. The van der Waals surface area contributed by atoms with Gasteiger partial charge in [-0.15, -0.1) is 0 Å². The Morgan fingerprint density at radius 3 is 3.12 bits per heavy atom. The molecule has 3 heterocycles. The van der Waals surface area contributed by atoms with Gasteiger partial charge in [-0.1, -0.05) is 18.2 Å². The van der Waals surface area contributed by atoms with Crippen molar-refractivity contribution in [1.82, 2.24) is 19.9 Å². The number of morpholine rings is 1. The van der Waals surface area contributed by atoms with Gasteiger partial charge in [-0.3, -0.25) is 4.79 Å². The average Bonchev–Trinajstić information content (AvgIpc) is 3.09. The summed E-state index contributed by atoms with van der Waals surface area (Å²) in [5, 5.41) is 1.19. The second kappa shape index (κ2) is 7.25. The summed E-state index contributed by atoms with van der Waals surface area (Å²) < 4.78 is 5.82. The van der Waals surface area contributed by atoms with Gasteiger partial charge in [0.05, 0.1) is 18.8 Å². The molecule has 134 valence electrons. The van der Waals surface area contributed by atoms with Crippen LogP contribution in [-0.4, -0.2) is 45.5 Å². The zero-order chi connectivity index (χ0) is 17.9. The maximum atomic E-state index is 12.7. The van der Waals surface area contributed by atoms with E-state index in [0.717, 1.165) is 17.6 Å². The van der Waals surface area contributed by atoms with Crippen LogP contribution in [0, 0.1) is 6.92 Å². The van der Waals surface area contributed by atoms with Gasteiger partial charge in [0.2, 0.25) is 5.91 Å². The lowest BCUT2D eigenvalue weighted by Crippen LogP contribution is -2.42. The molecule has 2 aromatic heterocycles. The van der Waals surface area contributed by atoms with Gasteiger partial charge in [-0.05, 0) is 31.0 Å². The van der Waals surface area contributed by atoms with Crippen molar-refractivity contribution in [3.63, 3.8) is 0 Å². The molecule has 0 aliphatic carbocycles. The Hall–Kier alpha value is -2.73. The van der Waals surface area contributed by atoms with E-state index in [1.54, 1.807) is 6.20 Å². The van der Waals surface area contributed by atoms with Crippen LogP contribution >= 0.6 is 0 Å². The van der Waals surface area contributed by atoms with Crippen molar-refractivity contribution in [2.24, 2.45) is 0 Å². The van der Waals surface area contributed by atoms with E-state index in [-0.39, 0.29) is 12.0 Å². The normalized spacial score (nSPS) is 17.6. The number of nitrogens with zero attached hydrogens (tertiary/aromatic N) is 3. The highest BCUT2D eigenvalue weighted by molar-refractivity contribution is 5.84. The summed E-state index contributed by atoms with van der Waals surface area (Å²) in [4.78, 5) is 26.4. The topological polar surface area (TPSA) is 71.1 Å². The number of carbonyl (C=O) groups is 1.